The van der Waals surface area contributed by atoms with Gasteiger partial charge in [0.15, 0.2) is 5.60 Å². The van der Waals surface area contributed by atoms with Crippen LogP contribution < -0.4 is 20.3 Å². The second-order valence-corrected chi connectivity index (χ2v) is 11.7. The van der Waals surface area contributed by atoms with Crippen LogP contribution in [0.3, 0.4) is 0 Å². The smallest absolute Gasteiger partial charge is 0.263 e. The lowest BCUT2D eigenvalue weighted by atomic mass is 9.96. The summed E-state index contributed by atoms with van der Waals surface area (Å²) in [4.78, 5) is 35.0. The Morgan fingerprint density at radius 2 is 1.79 bits per heavy atom. The van der Waals surface area contributed by atoms with Gasteiger partial charge < -0.3 is 25.2 Å². The van der Waals surface area contributed by atoms with E-state index in [1.165, 1.54) is 0 Å². The molecule has 2 unspecified atom stereocenters. The number of rotatable bonds is 11. The van der Waals surface area contributed by atoms with Crippen molar-refractivity contribution in [3.63, 3.8) is 0 Å². The van der Waals surface area contributed by atoms with Crippen molar-refractivity contribution < 1.29 is 14.3 Å². The minimum absolute atomic E-state index is 0.0469. The van der Waals surface area contributed by atoms with Crippen LogP contribution in [-0.4, -0.2) is 71.6 Å². The molecule has 2 N–H and O–H groups in total. The zero-order chi connectivity index (χ0) is 28.2. The zero-order valence-electron chi connectivity index (χ0n) is 23.2. The van der Waals surface area contributed by atoms with E-state index in [9.17, 15) is 9.59 Å². The Balaban J connectivity index is 1.32. The SMILES string of the molecule is CCN(CC)CCNC(=O)c1ccc(N2C3CCC2CC(NC(=O)C(C)(C)Oc2ccc(Cl)cc2Cl)C3)nc1. The van der Waals surface area contributed by atoms with E-state index >= 15 is 0 Å². The van der Waals surface area contributed by atoms with Crippen LogP contribution in [0.5, 0.6) is 5.75 Å². The number of aromatic nitrogens is 1. The molecule has 2 aromatic rings. The van der Waals surface area contributed by atoms with Gasteiger partial charge in [-0.3, -0.25) is 9.59 Å². The largest absolute Gasteiger partial charge is 0.476 e. The first-order valence-corrected chi connectivity index (χ1v) is 14.6. The zero-order valence-corrected chi connectivity index (χ0v) is 24.7. The van der Waals surface area contributed by atoms with Gasteiger partial charge in [0, 0.05) is 42.4 Å². The summed E-state index contributed by atoms with van der Waals surface area (Å²) < 4.78 is 5.97. The average molecular weight is 577 g/mol. The van der Waals surface area contributed by atoms with Crippen LogP contribution in [-0.2, 0) is 4.79 Å². The number of piperidine rings is 1. The van der Waals surface area contributed by atoms with Crippen molar-refractivity contribution in [2.45, 2.75) is 77.1 Å². The van der Waals surface area contributed by atoms with E-state index in [0.29, 0.717) is 27.9 Å². The number of amides is 2. The summed E-state index contributed by atoms with van der Waals surface area (Å²) in [6, 6.07) is 9.36. The van der Waals surface area contributed by atoms with Crippen molar-refractivity contribution in [3.8, 4) is 5.75 Å². The monoisotopic (exact) mass is 575 g/mol. The summed E-state index contributed by atoms with van der Waals surface area (Å²) in [5.41, 5.74) is -0.535. The third kappa shape index (κ3) is 7.16. The maximum atomic E-state index is 13.2. The summed E-state index contributed by atoms with van der Waals surface area (Å²) in [6.45, 7) is 11.1. The molecule has 4 rings (SSSR count). The van der Waals surface area contributed by atoms with Crippen LogP contribution in [0.2, 0.25) is 10.0 Å². The van der Waals surface area contributed by atoms with Crippen LogP contribution in [0.15, 0.2) is 36.5 Å². The molecular weight excluding hydrogens is 537 g/mol. The molecule has 2 amide bonds. The maximum absolute atomic E-state index is 13.2. The number of pyridine rings is 1. The van der Waals surface area contributed by atoms with Gasteiger partial charge in [0.2, 0.25) is 0 Å². The average Bonchev–Trinajstić information content (AvgIpc) is 3.18. The van der Waals surface area contributed by atoms with Gasteiger partial charge in [-0.15, -0.1) is 0 Å². The Kier molecular flexibility index (Phi) is 9.62. The molecule has 0 radical (unpaired) electrons. The van der Waals surface area contributed by atoms with Crippen molar-refractivity contribution in [2.24, 2.45) is 0 Å². The van der Waals surface area contributed by atoms with Gasteiger partial charge >= 0.3 is 0 Å². The minimum Gasteiger partial charge on any atom is -0.476 e. The summed E-state index contributed by atoms with van der Waals surface area (Å²) in [6.07, 6.45) is 5.42. The number of halogens is 2. The second kappa shape index (κ2) is 12.7. The highest BCUT2D eigenvalue weighted by atomic mass is 35.5. The molecule has 10 heteroatoms. The van der Waals surface area contributed by atoms with Crippen LogP contribution in [0, 0.1) is 0 Å². The van der Waals surface area contributed by atoms with Gasteiger partial charge in [0.05, 0.1) is 10.6 Å². The molecule has 2 atom stereocenters. The summed E-state index contributed by atoms with van der Waals surface area (Å²) in [5, 5.41) is 7.07. The van der Waals surface area contributed by atoms with Gasteiger partial charge in [-0.1, -0.05) is 37.0 Å². The molecule has 2 bridgehead atoms. The molecule has 212 valence electrons. The molecule has 0 aliphatic carbocycles. The molecule has 0 saturated carbocycles. The molecule has 1 aromatic carbocycles. The topological polar surface area (TPSA) is 86.8 Å². The number of carbonyl (C=O) groups excluding carboxylic acids is 2. The molecule has 39 heavy (non-hydrogen) atoms. The number of hydrogen-bond acceptors (Lipinski definition) is 6. The van der Waals surface area contributed by atoms with Crippen molar-refractivity contribution in [3.05, 3.63) is 52.1 Å². The fourth-order valence-corrected chi connectivity index (χ4v) is 6.00. The quantitative estimate of drug-likeness (QED) is 0.395. The molecular formula is C29H39Cl2N5O3. The number of nitrogens with one attached hydrogen (secondary N) is 2. The van der Waals surface area contributed by atoms with E-state index in [-0.39, 0.29) is 29.9 Å². The molecule has 3 heterocycles. The first kappa shape index (κ1) is 29.4. The van der Waals surface area contributed by atoms with Crippen LogP contribution in [0.4, 0.5) is 5.82 Å². The van der Waals surface area contributed by atoms with Gasteiger partial charge in [-0.25, -0.2) is 4.98 Å². The number of carbonyl (C=O) groups is 2. The lowest BCUT2D eigenvalue weighted by Gasteiger charge is -2.40. The van der Waals surface area contributed by atoms with Crippen LogP contribution >= 0.6 is 23.2 Å². The van der Waals surface area contributed by atoms with E-state index in [0.717, 1.165) is 51.1 Å². The predicted octanol–water partition coefficient (Wildman–Crippen LogP) is 4.93. The fraction of sp³-hybridized carbons (Fsp3) is 0.552. The normalized spacial score (nSPS) is 20.7. The predicted molar refractivity (Wildman–Crippen MR) is 156 cm³/mol. The van der Waals surface area contributed by atoms with Gasteiger partial charge in [-0.05, 0) is 83.0 Å². The number of anilines is 1. The highest BCUT2D eigenvalue weighted by Gasteiger charge is 2.43. The van der Waals surface area contributed by atoms with Crippen molar-refractivity contribution in [2.75, 3.05) is 31.1 Å². The standard InChI is InChI=1S/C29H39Cl2N5O3/c1-5-35(6-2)14-13-32-27(37)19-7-12-26(33-18-19)36-22-9-10-23(36)17-21(16-22)34-28(38)29(3,4)39-25-11-8-20(30)15-24(25)31/h7-8,11-12,15,18,21-23H,5-6,9-10,13-14,16-17H2,1-4H3,(H,32,37)(H,34,38). The lowest BCUT2D eigenvalue weighted by molar-refractivity contribution is -0.135. The van der Waals surface area contributed by atoms with Crippen molar-refractivity contribution >= 4 is 40.8 Å². The molecule has 1 aromatic heterocycles. The number of ether oxygens (including phenoxy) is 1. The summed E-state index contributed by atoms with van der Waals surface area (Å²) in [5.74, 6) is 1.02. The number of benzene rings is 1. The molecule has 2 aliphatic rings. The molecule has 2 aliphatic heterocycles. The summed E-state index contributed by atoms with van der Waals surface area (Å²) in [7, 11) is 0. The Morgan fingerprint density at radius 3 is 2.38 bits per heavy atom. The number of nitrogens with zero attached hydrogens (tertiary/aromatic N) is 3. The first-order chi connectivity index (χ1) is 18.6. The highest BCUT2D eigenvalue weighted by molar-refractivity contribution is 6.35. The highest BCUT2D eigenvalue weighted by Crippen LogP contribution is 2.39. The van der Waals surface area contributed by atoms with Crippen molar-refractivity contribution in [1.82, 2.24) is 20.5 Å². The third-order valence-electron chi connectivity index (χ3n) is 7.76. The van der Waals surface area contributed by atoms with Gasteiger partial charge in [0.1, 0.15) is 11.6 Å². The van der Waals surface area contributed by atoms with Gasteiger partial charge in [-0.2, -0.15) is 0 Å². The van der Waals surface area contributed by atoms with Crippen molar-refractivity contribution in [1.29, 1.82) is 0 Å². The molecule has 2 saturated heterocycles. The number of fused-ring (bicyclic) bond motifs is 2. The minimum atomic E-state index is -1.10. The lowest BCUT2D eigenvalue weighted by Crippen LogP contribution is -2.55. The Labute approximate surface area is 241 Å². The van der Waals surface area contributed by atoms with Gasteiger partial charge in [0.25, 0.3) is 11.8 Å². The van der Waals surface area contributed by atoms with E-state index < -0.39 is 5.60 Å². The molecule has 0 spiro atoms. The number of likely N-dealkylation sites (N-methyl/N-ethyl adjacent to an activating group) is 1. The maximum Gasteiger partial charge on any atom is 0.263 e. The van der Waals surface area contributed by atoms with E-state index in [4.69, 9.17) is 27.9 Å². The van der Waals surface area contributed by atoms with E-state index in [1.54, 1.807) is 38.2 Å². The third-order valence-corrected chi connectivity index (χ3v) is 8.29. The number of hydrogen-bond donors (Lipinski definition) is 2. The fourth-order valence-electron chi connectivity index (χ4n) is 5.55. The Morgan fingerprint density at radius 1 is 1.10 bits per heavy atom. The van der Waals surface area contributed by atoms with Crippen LogP contribution in [0.25, 0.3) is 0 Å². The molecule has 2 fully saturated rings. The first-order valence-electron chi connectivity index (χ1n) is 13.8. The second-order valence-electron chi connectivity index (χ2n) is 10.8. The van der Waals surface area contributed by atoms with Crippen LogP contribution in [0.1, 0.15) is 63.7 Å². The Bertz CT molecular complexity index is 1140. The van der Waals surface area contributed by atoms with E-state index in [2.05, 4.69) is 39.3 Å². The molecule has 8 nitrogen and oxygen atoms in total. The Hall–Kier alpha value is -2.55. The van der Waals surface area contributed by atoms with E-state index in [1.807, 2.05) is 12.1 Å². The summed E-state index contributed by atoms with van der Waals surface area (Å²) >= 11 is 12.2.